The van der Waals surface area contributed by atoms with Crippen molar-refractivity contribution >= 4 is 17.9 Å². The fourth-order valence-corrected chi connectivity index (χ4v) is 2.96. The van der Waals surface area contributed by atoms with E-state index < -0.39 is 36.2 Å². The summed E-state index contributed by atoms with van der Waals surface area (Å²) in [7, 11) is 0. The van der Waals surface area contributed by atoms with Crippen molar-refractivity contribution in [3.63, 3.8) is 0 Å². The van der Waals surface area contributed by atoms with Crippen LogP contribution in [0.25, 0.3) is 0 Å². The third-order valence-corrected chi connectivity index (χ3v) is 4.34. The van der Waals surface area contributed by atoms with Gasteiger partial charge < -0.3 is 19.3 Å². The molecule has 0 spiro atoms. The first-order valence-corrected chi connectivity index (χ1v) is 8.47. The summed E-state index contributed by atoms with van der Waals surface area (Å²) in [6, 6.07) is 0. The molecule has 1 heterocycles. The van der Waals surface area contributed by atoms with Gasteiger partial charge in [-0.3, -0.25) is 9.59 Å². The van der Waals surface area contributed by atoms with Gasteiger partial charge in [-0.05, 0) is 44.4 Å². The molecule has 0 unspecified atom stereocenters. The molecule has 7 heteroatoms. The number of hydrogen-bond donors (Lipinski definition) is 1. The van der Waals surface area contributed by atoms with Crippen molar-refractivity contribution in [3.8, 4) is 0 Å². The van der Waals surface area contributed by atoms with Gasteiger partial charge in [0.15, 0.2) is 0 Å². The van der Waals surface area contributed by atoms with Gasteiger partial charge in [-0.1, -0.05) is 5.57 Å². The third-order valence-electron chi connectivity index (χ3n) is 4.34. The van der Waals surface area contributed by atoms with Crippen molar-refractivity contribution in [3.05, 3.63) is 34.4 Å². The lowest BCUT2D eigenvalue weighted by Crippen LogP contribution is -2.26. The molecule has 1 aliphatic carbocycles. The van der Waals surface area contributed by atoms with E-state index in [9.17, 15) is 19.5 Å². The summed E-state index contributed by atoms with van der Waals surface area (Å²) >= 11 is 0. The van der Waals surface area contributed by atoms with Gasteiger partial charge in [0.2, 0.25) is 0 Å². The molecule has 0 aromatic heterocycles. The summed E-state index contributed by atoms with van der Waals surface area (Å²) in [6.07, 6.45) is 2.22. The van der Waals surface area contributed by atoms with E-state index >= 15 is 0 Å². The van der Waals surface area contributed by atoms with Crippen LogP contribution < -0.4 is 0 Å². The van der Waals surface area contributed by atoms with E-state index in [0.29, 0.717) is 24.0 Å². The Balaban J connectivity index is 2.57. The summed E-state index contributed by atoms with van der Waals surface area (Å²) in [5.74, 6) is -1.69. The Hall–Kier alpha value is -2.41. The van der Waals surface area contributed by atoms with Gasteiger partial charge in [0.25, 0.3) is 0 Å². The first-order valence-electron chi connectivity index (χ1n) is 8.47. The third kappa shape index (κ3) is 4.82. The number of allylic oxidation sites excluding steroid dienone is 1. The predicted molar refractivity (Wildman–Crippen MR) is 91.8 cm³/mol. The van der Waals surface area contributed by atoms with Gasteiger partial charge in [-0.2, -0.15) is 0 Å². The summed E-state index contributed by atoms with van der Waals surface area (Å²) in [5.41, 5.74) is 2.13. The molecule has 1 N–H and O–H groups in total. The van der Waals surface area contributed by atoms with Crippen LogP contribution >= 0.6 is 0 Å². The van der Waals surface area contributed by atoms with E-state index in [4.69, 9.17) is 14.2 Å². The predicted octanol–water partition coefficient (Wildman–Crippen LogP) is 1.75. The highest BCUT2D eigenvalue weighted by atomic mass is 16.6. The molecular weight excluding hydrogens is 340 g/mol. The first-order chi connectivity index (χ1) is 12.2. The minimum absolute atomic E-state index is 0.152. The zero-order chi connectivity index (χ0) is 19.4. The molecule has 0 fully saturated rings. The van der Waals surface area contributed by atoms with Gasteiger partial charge >= 0.3 is 17.9 Å². The maximum Gasteiger partial charge on any atom is 0.338 e. The number of hydrogen-bond acceptors (Lipinski definition) is 7. The summed E-state index contributed by atoms with van der Waals surface area (Å²) in [6.45, 7) is 5.85. The van der Waals surface area contributed by atoms with Crippen LogP contribution in [-0.2, 0) is 28.6 Å². The number of aliphatic hydroxyl groups is 1. The van der Waals surface area contributed by atoms with Gasteiger partial charge in [0.1, 0.15) is 18.8 Å². The van der Waals surface area contributed by atoms with Crippen molar-refractivity contribution < 1.29 is 33.7 Å². The summed E-state index contributed by atoms with van der Waals surface area (Å²) in [4.78, 5) is 35.1. The molecular formula is C19H24O7. The second-order valence-corrected chi connectivity index (χ2v) is 6.55. The smallest absolute Gasteiger partial charge is 0.338 e. The van der Waals surface area contributed by atoms with E-state index in [1.807, 2.05) is 6.92 Å². The zero-order valence-electron chi connectivity index (χ0n) is 15.4. The Morgan fingerprint density at radius 2 is 1.92 bits per heavy atom. The van der Waals surface area contributed by atoms with Crippen LogP contribution in [0, 0.1) is 0 Å². The quantitative estimate of drug-likeness (QED) is 0.463. The van der Waals surface area contributed by atoms with Gasteiger partial charge in [-0.25, -0.2) is 4.79 Å². The van der Waals surface area contributed by atoms with Crippen LogP contribution in [0.4, 0.5) is 0 Å². The molecule has 2 rings (SSSR count). The minimum atomic E-state index is -0.897. The zero-order valence-corrected chi connectivity index (χ0v) is 15.4. The number of fused-ring (bicyclic) bond motifs is 1. The fourth-order valence-electron chi connectivity index (χ4n) is 2.96. The highest BCUT2D eigenvalue weighted by molar-refractivity contribution is 5.94. The Labute approximate surface area is 152 Å². The van der Waals surface area contributed by atoms with E-state index in [1.54, 1.807) is 19.1 Å². The van der Waals surface area contributed by atoms with E-state index in [-0.39, 0.29) is 12.2 Å². The van der Waals surface area contributed by atoms with Crippen LogP contribution in [0.15, 0.2) is 34.4 Å². The summed E-state index contributed by atoms with van der Waals surface area (Å²) in [5, 5.41) is 10.3. The Morgan fingerprint density at radius 3 is 2.54 bits per heavy atom. The van der Waals surface area contributed by atoms with Crippen molar-refractivity contribution in [1.82, 2.24) is 0 Å². The van der Waals surface area contributed by atoms with Gasteiger partial charge in [0.05, 0.1) is 11.7 Å². The van der Waals surface area contributed by atoms with Crippen molar-refractivity contribution in [2.45, 2.75) is 58.8 Å². The normalized spacial score (nSPS) is 30.3. The van der Waals surface area contributed by atoms with Crippen LogP contribution in [0.1, 0.15) is 40.5 Å². The maximum absolute atomic E-state index is 12.3. The molecule has 0 bridgehead atoms. The number of carbonyl (C=O) groups excluding carboxylic acids is 3. The molecule has 26 heavy (non-hydrogen) atoms. The van der Waals surface area contributed by atoms with Crippen LogP contribution in [0.5, 0.6) is 0 Å². The van der Waals surface area contributed by atoms with E-state index in [2.05, 4.69) is 0 Å². The van der Waals surface area contributed by atoms with Gasteiger partial charge in [0, 0.05) is 19.4 Å². The Bertz CT molecular complexity index is 699. The average Bonchev–Trinajstić information content (AvgIpc) is 2.83. The molecule has 0 aromatic carbocycles. The number of rotatable bonds is 3. The maximum atomic E-state index is 12.3. The monoisotopic (exact) mass is 364 g/mol. The average molecular weight is 364 g/mol. The minimum Gasteiger partial charge on any atom is -0.461 e. The SMILES string of the molecule is CC(=O)OCC1=C2[C@@H](OC(C)=O)/C=C(/C)[C@@H](O)CC/C(C)=C/[C@H]2OC1=O. The molecule has 0 radical (unpaired) electrons. The van der Waals surface area contributed by atoms with Crippen LogP contribution in [-0.4, -0.2) is 47.9 Å². The molecule has 7 nitrogen and oxygen atoms in total. The number of esters is 3. The second-order valence-electron chi connectivity index (χ2n) is 6.55. The van der Waals surface area contributed by atoms with Crippen LogP contribution in [0.3, 0.4) is 0 Å². The molecule has 1 aliphatic heterocycles. The molecule has 2 aliphatic rings. The van der Waals surface area contributed by atoms with E-state index in [1.165, 1.54) is 13.8 Å². The van der Waals surface area contributed by atoms with Crippen molar-refractivity contribution in [2.24, 2.45) is 0 Å². The first kappa shape index (κ1) is 19.9. The van der Waals surface area contributed by atoms with Crippen LogP contribution in [0.2, 0.25) is 0 Å². The van der Waals surface area contributed by atoms with E-state index in [0.717, 1.165) is 5.57 Å². The number of carbonyl (C=O) groups is 3. The lowest BCUT2D eigenvalue weighted by Gasteiger charge is -2.23. The van der Waals surface area contributed by atoms with Crippen molar-refractivity contribution in [1.29, 1.82) is 0 Å². The standard InChI is InChI=1S/C19H24O7/c1-10-5-6-15(22)11(2)8-17(25-13(4)21)18-14(9-24-12(3)20)19(23)26-16(18)7-10/h7-8,15-17,22H,5-6,9H2,1-4H3/b10-7+,11-8-/t15-,16+,17-/m0/s1. The van der Waals surface area contributed by atoms with Crippen molar-refractivity contribution in [2.75, 3.05) is 6.61 Å². The summed E-state index contributed by atoms with van der Waals surface area (Å²) < 4.78 is 15.8. The molecule has 142 valence electrons. The highest BCUT2D eigenvalue weighted by Crippen LogP contribution is 2.32. The van der Waals surface area contributed by atoms with Gasteiger partial charge in [-0.15, -0.1) is 0 Å². The lowest BCUT2D eigenvalue weighted by atomic mass is 9.92. The fraction of sp³-hybridized carbons (Fsp3) is 0.526. The molecule has 0 saturated heterocycles. The molecule has 3 atom stereocenters. The second kappa shape index (κ2) is 8.31. The molecule has 0 aromatic rings. The highest BCUT2D eigenvalue weighted by Gasteiger charge is 2.39. The number of ether oxygens (including phenoxy) is 3. The topological polar surface area (TPSA) is 99.1 Å². The molecule has 0 saturated carbocycles. The Morgan fingerprint density at radius 1 is 1.23 bits per heavy atom. The largest absolute Gasteiger partial charge is 0.461 e. The lowest BCUT2D eigenvalue weighted by molar-refractivity contribution is -0.143. The Kier molecular flexibility index (Phi) is 6.37. The molecule has 0 amide bonds. The number of aliphatic hydroxyl groups excluding tert-OH is 1.